The number of carbonyl (C=O) groups excluding carboxylic acids is 3. The van der Waals surface area contributed by atoms with Crippen LogP contribution >= 0.6 is 15.9 Å². The highest BCUT2D eigenvalue weighted by atomic mass is 79.9. The van der Waals surface area contributed by atoms with Gasteiger partial charge in [-0.3, -0.25) is 15.0 Å². The summed E-state index contributed by atoms with van der Waals surface area (Å²) in [5.41, 5.74) is 5.92. The van der Waals surface area contributed by atoms with Crippen LogP contribution in [0.4, 0.5) is 4.79 Å². The van der Waals surface area contributed by atoms with E-state index in [-0.39, 0.29) is 34.0 Å². The minimum atomic E-state index is -2.47. The molecular formula is C49H73BrN4O6Si2. The third-order valence-corrected chi connectivity index (χ3v) is 23.5. The van der Waals surface area contributed by atoms with E-state index in [1.807, 2.05) is 68.2 Å². The maximum Gasteiger partial charge on any atom is 0.407 e. The fourth-order valence-electron chi connectivity index (χ4n) is 8.25. The normalized spacial score (nSPS) is 21.5. The molecule has 3 aromatic rings. The van der Waals surface area contributed by atoms with E-state index in [0.717, 1.165) is 27.6 Å². The van der Waals surface area contributed by atoms with E-state index >= 15 is 4.79 Å². The first-order valence-corrected chi connectivity index (χ1v) is 28.7. The van der Waals surface area contributed by atoms with Crippen molar-refractivity contribution in [2.24, 2.45) is 10.8 Å². The van der Waals surface area contributed by atoms with Crippen molar-refractivity contribution in [2.75, 3.05) is 20.2 Å². The Labute approximate surface area is 382 Å². The summed E-state index contributed by atoms with van der Waals surface area (Å²) in [5.74, 6) is -0.329. The fraction of sp³-hybridized carbons (Fsp3) is 0.571. The summed E-state index contributed by atoms with van der Waals surface area (Å²) >= 11 is 3.57. The zero-order valence-corrected chi connectivity index (χ0v) is 43.4. The molecule has 3 amide bonds. The molecule has 62 heavy (non-hydrogen) atoms. The van der Waals surface area contributed by atoms with Gasteiger partial charge in [-0.05, 0) is 88.9 Å². The van der Waals surface area contributed by atoms with Crippen LogP contribution in [0.15, 0.2) is 83.3 Å². The molecule has 0 bridgehead atoms. The van der Waals surface area contributed by atoms with Gasteiger partial charge in [-0.1, -0.05) is 145 Å². The first-order chi connectivity index (χ1) is 28.7. The molecule has 0 aromatic heterocycles. The molecule has 0 saturated carbocycles. The van der Waals surface area contributed by atoms with Crippen LogP contribution in [0.3, 0.4) is 0 Å². The van der Waals surface area contributed by atoms with Gasteiger partial charge in [0.05, 0.1) is 30.8 Å². The predicted molar refractivity (Wildman–Crippen MR) is 257 cm³/mol. The van der Waals surface area contributed by atoms with E-state index in [2.05, 4.69) is 136 Å². The van der Waals surface area contributed by atoms with Crippen molar-refractivity contribution in [2.45, 2.75) is 149 Å². The summed E-state index contributed by atoms with van der Waals surface area (Å²) in [4.78, 5) is 45.1. The highest BCUT2D eigenvalue weighted by Gasteiger charge is 2.60. The smallest absolute Gasteiger partial charge is 0.407 e. The van der Waals surface area contributed by atoms with Crippen molar-refractivity contribution >= 4 is 50.5 Å². The van der Waals surface area contributed by atoms with Gasteiger partial charge in [-0.25, -0.2) is 9.80 Å². The topological polar surface area (TPSA) is 109 Å². The Morgan fingerprint density at radius 3 is 2.00 bits per heavy atom. The van der Waals surface area contributed by atoms with Crippen molar-refractivity contribution in [3.05, 3.63) is 106 Å². The van der Waals surface area contributed by atoms with Gasteiger partial charge in [-0.15, -0.1) is 0 Å². The Morgan fingerprint density at radius 2 is 1.42 bits per heavy atom. The summed E-state index contributed by atoms with van der Waals surface area (Å²) in [5, 5.41) is 4.51. The molecule has 1 aliphatic heterocycles. The van der Waals surface area contributed by atoms with Crippen LogP contribution in [0.25, 0.3) is 0 Å². The molecule has 1 heterocycles. The number of halogens is 1. The van der Waals surface area contributed by atoms with Gasteiger partial charge in [-0.2, -0.15) is 0 Å². The number of methoxy groups -OCH3 is 1. The predicted octanol–water partition coefficient (Wildman–Crippen LogP) is 10.6. The van der Waals surface area contributed by atoms with E-state index in [0.29, 0.717) is 32.5 Å². The maximum absolute atomic E-state index is 16.2. The Kier molecular flexibility index (Phi) is 15.2. The van der Waals surface area contributed by atoms with Crippen LogP contribution in [-0.2, 0) is 42.6 Å². The quantitative estimate of drug-likeness (QED) is 0.115. The van der Waals surface area contributed by atoms with E-state index in [1.165, 1.54) is 12.7 Å². The molecule has 5 atom stereocenters. The van der Waals surface area contributed by atoms with Crippen LogP contribution in [-0.4, -0.2) is 82.9 Å². The zero-order valence-electron chi connectivity index (χ0n) is 39.8. The fourth-order valence-corrected chi connectivity index (χ4v) is 11.2. The Hall–Kier alpha value is -3.34. The highest BCUT2D eigenvalue weighted by molar-refractivity contribution is 9.10. The second-order valence-corrected chi connectivity index (χ2v) is 32.0. The van der Waals surface area contributed by atoms with E-state index in [1.54, 1.807) is 0 Å². The molecular weight excluding hydrogens is 877 g/mol. The summed E-state index contributed by atoms with van der Waals surface area (Å²) in [6, 6.07) is 25.6. The number of hydrazine groups is 1. The molecule has 1 aliphatic carbocycles. The molecule has 1 unspecified atom stereocenters. The van der Waals surface area contributed by atoms with Crippen molar-refractivity contribution in [3.63, 3.8) is 0 Å². The zero-order chi connectivity index (χ0) is 46.1. The molecule has 1 saturated heterocycles. The maximum atomic E-state index is 16.2. The average Bonchev–Trinajstić information content (AvgIpc) is 3.64. The molecule has 0 radical (unpaired) electrons. The van der Waals surface area contributed by atoms with E-state index in [4.69, 9.17) is 13.6 Å². The van der Waals surface area contributed by atoms with Gasteiger partial charge in [0.25, 0.3) is 5.91 Å². The summed E-state index contributed by atoms with van der Waals surface area (Å²) in [7, 11) is -3.46. The number of hydrogen-bond donors (Lipinski definition) is 2. The number of ether oxygens (including phenoxy) is 1. The van der Waals surface area contributed by atoms with Crippen LogP contribution in [0.1, 0.15) is 97.0 Å². The summed E-state index contributed by atoms with van der Waals surface area (Å²) in [6.07, 6.45) is 0.235. The molecule has 10 nitrogen and oxygen atoms in total. The molecule has 5 rings (SSSR count). The molecule has 3 aromatic carbocycles. The van der Waals surface area contributed by atoms with Gasteiger partial charge in [0.1, 0.15) is 6.04 Å². The van der Waals surface area contributed by atoms with Crippen molar-refractivity contribution in [1.82, 2.24) is 20.7 Å². The third-order valence-electron chi connectivity index (χ3n) is 14.0. The second kappa shape index (κ2) is 19.0. The molecule has 0 spiro atoms. The number of hydrogen-bond acceptors (Lipinski definition) is 7. The largest absolute Gasteiger partial charge is 0.453 e. The summed E-state index contributed by atoms with van der Waals surface area (Å²) < 4.78 is 20.7. The molecule has 13 heteroatoms. The van der Waals surface area contributed by atoms with E-state index < -0.39 is 45.7 Å². The van der Waals surface area contributed by atoms with Crippen LogP contribution in [0, 0.1) is 10.8 Å². The lowest BCUT2D eigenvalue weighted by Gasteiger charge is -2.43. The SMILES string of the molecule is COC(=O)N[C@H](C(=O)NN(CC[C@@]1(Cc2ccccc2)C(=O)N(C2c3ccccc3C[C@H]2O[Si](C)(C)C(C)(C)C)C[C@H]1O[Si](C)(C)C(C)(C)C)Cc1ccc(Br)cc1)C(C)(C)C. The number of nitrogens with one attached hydrogen (secondary N) is 2. The second-order valence-electron chi connectivity index (χ2n) is 21.6. The first-order valence-electron chi connectivity index (χ1n) is 22.1. The lowest BCUT2D eigenvalue weighted by molar-refractivity contribution is -0.142. The van der Waals surface area contributed by atoms with Gasteiger partial charge in [0.2, 0.25) is 5.91 Å². The number of rotatable bonds is 15. The van der Waals surface area contributed by atoms with Gasteiger partial charge in [0.15, 0.2) is 16.6 Å². The molecule has 1 fully saturated rings. The van der Waals surface area contributed by atoms with Crippen molar-refractivity contribution < 1.29 is 28.0 Å². The number of likely N-dealkylation sites (tertiary alicyclic amines) is 1. The molecule has 2 aliphatic rings. The van der Waals surface area contributed by atoms with E-state index in [9.17, 15) is 9.59 Å². The third kappa shape index (κ3) is 11.3. The Morgan fingerprint density at radius 1 is 0.839 bits per heavy atom. The number of carbonyl (C=O) groups is 3. The van der Waals surface area contributed by atoms with Crippen LogP contribution in [0.5, 0.6) is 0 Å². The number of benzene rings is 3. The van der Waals surface area contributed by atoms with Gasteiger partial charge < -0.3 is 23.8 Å². The van der Waals surface area contributed by atoms with Crippen LogP contribution in [0.2, 0.25) is 36.3 Å². The highest BCUT2D eigenvalue weighted by Crippen LogP contribution is 2.51. The standard InChI is InChI=1S/C49H73BrN4O6Si2/c1-46(2,3)42(51-45(57)58-10)43(55)52-53(32-35-24-26-37(50)27-25-35)29-28-49(31-34-20-16-15-17-21-34)40(60-62(13,14)48(7,8)9)33-54(44(49)56)41-38-23-19-18-22-36(38)30-39(41)59-61(11,12)47(4,5)6/h15-27,39-42H,28-33H2,1-14H3,(H,51,57)(H,52,55)/t39-,40-,41?,42-,49+/m1/s1. The van der Waals surface area contributed by atoms with Crippen LogP contribution < -0.4 is 10.7 Å². The monoisotopic (exact) mass is 948 g/mol. The van der Waals surface area contributed by atoms with Crippen molar-refractivity contribution in [1.29, 1.82) is 0 Å². The van der Waals surface area contributed by atoms with Gasteiger partial charge >= 0.3 is 6.09 Å². The summed E-state index contributed by atoms with van der Waals surface area (Å²) in [6.45, 7) is 29.4. The Balaban J connectivity index is 1.64. The minimum absolute atomic E-state index is 0.0204. The van der Waals surface area contributed by atoms with Crippen molar-refractivity contribution in [3.8, 4) is 0 Å². The first kappa shape index (κ1) is 49.7. The number of fused-ring (bicyclic) bond motifs is 1. The number of alkyl carbamates (subject to hydrolysis) is 1. The van der Waals surface area contributed by atoms with Gasteiger partial charge in [0, 0.05) is 30.5 Å². The molecule has 340 valence electrons. The minimum Gasteiger partial charge on any atom is -0.453 e. The average molecular weight is 950 g/mol. The lowest BCUT2D eigenvalue weighted by Crippen LogP contribution is -2.58. The Bertz CT molecular complexity index is 2030. The number of amides is 3. The number of nitrogens with zero attached hydrogens (tertiary/aromatic N) is 2. The lowest BCUT2D eigenvalue weighted by atomic mass is 9.75. The molecule has 2 N–H and O–H groups in total.